The van der Waals surface area contributed by atoms with E-state index in [1.165, 1.54) is 6.20 Å². The third kappa shape index (κ3) is 3.26. The van der Waals surface area contributed by atoms with E-state index in [0.29, 0.717) is 17.1 Å². The molecule has 1 aromatic heterocycles. The summed E-state index contributed by atoms with van der Waals surface area (Å²) >= 11 is 4.09. The Morgan fingerprint density at radius 2 is 2.47 bits per heavy atom. The van der Waals surface area contributed by atoms with Gasteiger partial charge in [-0.3, -0.25) is 4.79 Å². The molecule has 0 atom stereocenters. The van der Waals surface area contributed by atoms with Gasteiger partial charge in [-0.15, -0.1) is 12.6 Å². The van der Waals surface area contributed by atoms with Crippen LogP contribution in [0.5, 0.6) is 0 Å². The third-order valence-electron chi connectivity index (χ3n) is 1.70. The van der Waals surface area contributed by atoms with E-state index < -0.39 is 0 Å². The van der Waals surface area contributed by atoms with Crippen LogP contribution in [0.3, 0.4) is 0 Å². The molecule has 78 valence electrons. The Labute approximate surface area is 93.3 Å². The number of nitriles is 1. The number of pyridine rings is 1. The molecule has 15 heavy (non-hydrogen) atoms. The third-order valence-corrected chi connectivity index (χ3v) is 1.94. The largest absolute Gasteiger partial charge is 0.466 e. The maximum atomic E-state index is 11.2. The Morgan fingerprint density at radius 1 is 1.73 bits per heavy atom. The van der Waals surface area contributed by atoms with Crippen LogP contribution >= 0.6 is 12.6 Å². The van der Waals surface area contributed by atoms with Crippen molar-refractivity contribution in [2.45, 2.75) is 18.2 Å². The maximum absolute atomic E-state index is 11.2. The molecule has 0 aromatic carbocycles. The molecule has 0 radical (unpaired) electrons. The van der Waals surface area contributed by atoms with E-state index in [9.17, 15) is 4.79 Å². The molecule has 0 fully saturated rings. The number of hydrogen-bond acceptors (Lipinski definition) is 5. The summed E-state index contributed by atoms with van der Waals surface area (Å²) in [5.41, 5.74) is 0.782. The fourth-order valence-electron chi connectivity index (χ4n) is 1.10. The summed E-state index contributed by atoms with van der Waals surface area (Å²) in [6.45, 7) is 2.06. The smallest absolute Gasteiger partial charge is 0.310 e. The van der Waals surface area contributed by atoms with Gasteiger partial charge in [-0.25, -0.2) is 4.98 Å². The predicted octanol–water partition coefficient (Wildman–Crippen LogP) is 1.35. The van der Waals surface area contributed by atoms with Crippen LogP contribution in [0.15, 0.2) is 17.2 Å². The van der Waals surface area contributed by atoms with Crippen LogP contribution in [0.25, 0.3) is 0 Å². The van der Waals surface area contributed by atoms with E-state index in [4.69, 9.17) is 10.00 Å². The summed E-state index contributed by atoms with van der Waals surface area (Å²) < 4.78 is 4.78. The summed E-state index contributed by atoms with van der Waals surface area (Å²) in [5.74, 6) is -0.366. The molecule has 1 aromatic rings. The van der Waals surface area contributed by atoms with Crippen molar-refractivity contribution in [1.82, 2.24) is 4.98 Å². The first-order valence-electron chi connectivity index (χ1n) is 4.41. The Bertz CT molecular complexity index is 412. The van der Waals surface area contributed by atoms with E-state index in [2.05, 4.69) is 17.6 Å². The number of carbonyl (C=O) groups is 1. The van der Waals surface area contributed by atoms with Gasteiger partial charge in [0.2, 0.25) is 0 Å². The Hall–Kier alpha value is -1.54. The number of thiol groups is 1. The second-order valence-corrected chi connectivity index (χ2v) is 3.31. The normalized spacial score (nSPS) is 9.40. The van der Waals surface area contributed by atoms with Crippen molar-refractivity contribution in [2.24, 2.45) is 0 Å². The molecule has 0 aliphatic carbocycles. The predicted molar refractivity (Wildman–Crippen MR) is 56.5 cm³/mol. The van der Waals surface area contributed by atoms with E-state index in [1.54, 1.807) is 13.0 Å². The minimum Gasteiger partial charge on any atom is -0.466 e. The minimum absolute atomic E-state index is 0.0537. The topological polar surface area (TPSA) is 63.0 Å². The van der Waals surface area contributed by atoms with E-state index >= 15 is 0 Å². The number of aromatic nitrogens is 1. The number of hydrogen-bond donors (Lipinski definition) is 1. The van der Waals surface area contributed by atoms with Gasteiger partial charge in [-0.2, -0.15) is 5.26 Å². The first-order chi connectivity index (χ1) is 7.17. The molecule has 0 spiro atoms. The number of esters is 1. The Kier molecular flexibility index (Phi) is 4.13. The fraction of sp³-hybridized carbons (Fsp3) is 0.300. The van der Waals surface area contributed by atoms with E-state index in [0.717, 1.165) is 0 Å². The van der Waals surface area contributed by atoms with Crippen LogP contribution in [0.4, 0.5) is 0 Å². The fourth-order valence-corrected chi connectivity index (χ4v) is 1.31. The number of rotatable bonds is 3. The lowest BCUT2D eigenvalue weighted by atomic mass is 10.1. The lowest BCUT2D eigenvalue weighted by Crippen LogP contribution is -2.09. The molecule has 4 nitrogen and oxygen atoms in total. The summed E-state index contributed by atoms with van der Waals surface area (Å²) in [6.07, 6.45) is 1.52. The van der Waals surface area contributed by atoms with Crippen LogP contribution < -0.4 is 0 Å². The lowest BCUT2D eigenvalue weighted by Gasteiger charge is -2.03. The number of carbonyl (C=O) groups excluding carboxylic acids is 1. The molecule has 1 rings (SSSR count). The highest BCUT2D eigenvalue weighted by atomic mass is 32.1. The van der Waals surface area contributed by atoms with Crippen molar-refractivity contribution in [3.05, 3.63) is 23.5 Å². The van der Waals surface area contributed by atoms with Gasteiger partial charge in [-0.1, -0.05) is 0 Å². The van der Waals surface area contributed by atoms with Gasteiger partial charge in [-0.05, 0) is 13.0 Å². The van der Waals surface area contributed by atoms with Gasteiger partial charge >= 0.3 is 5.97 Å². The average molecular weight is 222 g/mol. The van der Waals surface area contributed by atoms with Gasteiger partial charge in [0.1, 0.15) is 11.8 Å². The lowest BCUT2D eigenvalue weighted by molar-refractivity contribution is -0.142. The summed E-state index contributed by atoms with van der Waals surface area (Å²) in [4.78, 5) is 15.7. The van der Waals surface area contributed by atoms with Crippen LogP contribution in [-0.2, 0) is 16.0 Å². The zero-order chi connectivity index (χ0) is 11.3. The summed E-state index contributed by atoms with van der Waals surface area (Å²) in [6, 6.07) is 3.56. The molecule has 5 heteroatoms. The molecular weight excluding hydrogens is 212 g/mol. The van der Waals surface area contributed by atoms with Crippen molar-refractivity contribution in [1.29, 1.82) is 5.26 Å². The second-order valence-electron chi connectivity index (χ2n) is 2.79. The van der Waals surface area contributed by atoms with Crippen LogP contribution in [0.2, 0.25) is 0 Å². The first-order valence-corrected chi connectivity index (χ1v) is 4.85. The molecule has 0 aliphatic heterocycles. The Morgan fingerprint density at radius 3 is 3.07 bits per heavy atom. The number of nitrogens with zero attached hydrogens (tertiary/aromatic N) is 2. The molecule has 0 N–H and O–H groups in total. The van der Waals surface area contributed by atoms with Gasteiger partial charge in [0.25, 0.3) is 0 Å². The average Bonchev–Trinajstić information content (AvgIpc) is 2.18. The standard InChI is InChI=1S/C10H10N2O2S/c1-2-14-10(13)4-7-3-8(15)6-12-9(7)5-11/h3,6,15H,2,4H2,1H3. The molecule has 0 aliphatic rings. The molecule has 0 saturated heterocycles. The second kappa shape index (κ2) is 5.37. The first kappa shape index (κ1) is 11.5. The molecule has 0 unspecified atom stereocenters. The van der Waals surface area contributed by atoms with Crippen LogP contribution in [0.1, 0.15) is 18.2 Å². The summed E-state index contributed by atoms with van der Waals surface area (Å²) in [7, 11) is 0. The number of ether oxygens (including phenoxy) is 1. The van der Waals surface area contributed by atoms with Crippen LogP contribution in [0, 0.1) is 11.3 Å². The quantitative estimate of drug-likeness (QED) is 0.619. The van der Waals surface area contributed by atoms with Crippen molar-refractivity contribution < 1.29 is 9.53 Å². The van der Waals surface area contributed by atoms with Gasteiger partial charge in [0.05, 0.1) is 13.0 Å². The van der Waals surface area contributed by atoms with Crippen LogP contribution in [-0.4, -0.2) is 17.6 Å². The molecule has 1 heterocycles. The van der Waals surface area contributed by atoms with Crippen molar-refractivity contribution in [3.63, 3.8) is 0 Å². The molecule has 0 bridgehead atoms. The highest BCUT2D eigenvalue weighted by molar-refractivity contribution is 7.80. The van der Waals surface area contributed by atoms with Crippen molar-refractivity contribution in [2.75, 3.05) is 6.61 Å². The molecule has 0 saturated carbocycles. The zero-order valence-electron chi connectivity index (χ0n) is 8.23. The summed E-state index contributed by atoms with van der Waals surface area (Å²) in [5, 5.41) is 8.76. The zero-order valence-corrected chi connectivity index (χ0v) is 9.12. The van der Waals surface area contributed by atoms with Gasteiger partial charge < -0.3 is 4.74 Å². The SMILES string of the molecule is CCOC(=O)Cc1cc(S)cnc1C#N. The highest BCUT2D eigenvalue weighted by Gasteiger charge is 2.09. The monoisotopic (exact) mass is 222 g/mol. The van der Waals surface area contributed by atoms with Gasteiger partial charge in [0.15, 0.2) is 0 Å². The van der Waals surface area contributed by atoms with Crippen molar-refractivity contribution in [3.8, 4) is 6.07 Å². The highest BCUT2D eigenvalue weighted by Crippen LogP contribution is 2.12. The van der Waals surface area contributed by atoms with E-state index in [-0.39, 0.29) is 18.1 Å². The maximum Gasteiger partial charge on any atom is 0.310 e. The van der Waals surface area contributed by atoms with E-state index in [1.807, 2.05) is 6.07 Å². The Balaban J connectivity index is 2.88. The van der Waals surface area contributed by atoms with Gasteiger partial charge in [0, 0.05) is 16.7 Å². The minimum atomic E-state index is -0.366. The molecular formula is C10H10N2O2S. The van der Waals surface area contributed by atoms with Crippen molar-refractivity contribution >= 4 is 18.6 Å². The molecule has 0 amide bonds.